The Balaban J connectivity index is 1.39. The lowest BCUT2D eigenvalue weighted by atomic mass is 9.49. The number of nitrogens with one attached hydrogen (secondary N) is 1. The third kappa shape index (κ3) is 3.18. The fourth-order valence-electron chi connectivity index (χ4n) is 6.28. The van der Waals surface area contributed by atoms with Gasteiger partial charge in [-0.15, -0.1) is 11.6 Å². The molecule has 4 fully saturated rings. The van der Waals surface area contributed by atoms with Crippen molar-refractivity contribution >= 4 is 23.2 Å². The van der Waals surface area contributed by atoms with E-state index in [1.54, 1.807) is 0 Å². The van der Waals surface area contributed by atoms with E-state index in [0.29, 0.717) is 11.8 Å². The van der Waals surface area contributed by atoms with Crippen LogP contribution in [-0.4, -0.2) is 10.8 Å². The lowest BCUT2D eigenvalue weighted by molar-refractivity contribution is -0.138. The number of para-hydroxylation sites is 1. The molecule has 0 radical (unpaired) electrons. The second-order valence-electron chi connectivity index (χ2n) is 9.17. The molecule has 6 rings (SSSR count). The number of hydrogen-bond donors (Lipinski definition) is 1. The normalized spacial score (nSPS) is 33.8. The van der Waals surface area contributed by atoms with E-state index >= 15 is 0 Å². The van der Waals surface area contributed by atoms with Crippen LogP contribution in [0.5, 0.6) is 0 Å². The maximum atomic E-state index is 13.4. The van der Waals surface area contributed by atoms with Crippen LogP contribution in [0.25, 0.3) is 0 Å². The zero-order valence-corrected chi connectivity index (χ0v) is 16.3. The monoisotopic (exact) mass is 379 g/mol. The Morgan fingerprint density at radius 3 is 2.33 bits per heavy atom. The molecule has 1 amide bonds. The highest BCUT2D eigenvalue weighted by Crippen LogP contribution is 2.64. The van der Waals surface area contributed by atoms with E-state index in [2.05, 4.69) is 35.6 Å². The Labute approximate surface area is 166 Å². The van der Waals surface area contributed by atoms with Gasteiger partial charge in [0.15, 0.2) is 0 Å². The summed E-state index contributed by atoms with van der Waals surface area (Å²) >= 11 is 6.93. The number of rotatable bonds is 4. The first kappa shape index (κ1) is 17.3. The Morgan fingerprint density at radius 1 is 0.963 bits per heavy atom. The van der Waals surface area contributed by atoms with Gasteiger partial charge >= 0.3 is 0 Å². The Morgan fingerprint density at radius 2 is 1.63 bits per heavy atom. The summed E-state index contributed by atoms with van der Waals surface area (Å²) in [6, 6.07) is 18.6. The zero-order valence-electron chi connectivity index (χ0n) is 15.6. The minimum Gasteiger partial charge on any atom is -0.325 e. The van der Waals surface area contributed by atoms with Crippen molar-refractivity contribution in [2.24, 2.45) is 17.3 Å². The summed E-state index contributed by atoms with van der Waals surface area (Å²) in [6.45, 7) is 0. The van der Waals surface area contributed by atoms with Crippen LogP contribution in [0.3, 0.4) is 0 Å². The summed E-state index contributed by atoms with van der Waals surface area (Å²) in [5.74, 6) is 1.46. The average Bonchev–Trinajstić information content (AvgIpc) is 2.62. The molecule has 0 spiro atoms. The maximum Gasteiger partial charge on any atom is 0.230 e. The van der Waals surface area contributed by atoms with Crippen LogP contribution in [0.2, 0.25) is 0 Å². The van der Waals surface area contributed by atoms with Crippen LogP contribution in [-0.2, 0) is 11.2 Å². The number of carbonyl (C=O) groups excluding carboxylic acids is 1. The van der Waals surface area contributed by atoms with Gasteiger partial charge in [0, 0.05) is 10.6 Å². The van der Waals surface area contributed by atoms with Crippen molar-refractivity contribution in [1.82, 2.24) is 0 Å². The second-order valence-corrected chi connectivity index (χ2v) is 9.97. The van der Waals surface area contributed by atoms with E-state index in [4.69, 9.17) is 11.6 Å². The predicted octanol–water partition coefficient (Wildman–Crippen LogP) is 5.79. The molecule has 1 N–H and O–H groups in total. The molecule has 2 unspecified atom stereocenters. The van der Waals surface area contributed by atoms with E-state index in [9.17, 15) is 4.79 Å². The van der Waals surface area contributed by atoms with Crippen molar-refractivity contribution in [3.63, 3.8) is 0 Å². The second kappa shape index (κ2) is 6.38. The number of halogens is 1. The van der Waals surface area contributed by atoms with E-state index in [1.165, 1.54) is 17.5 Å². The molecule has 0 aromatic heterocycles. The van der Waals surface area contributed by atoms with Gasteiger partial charge in [-0.1, -0.05) is 48.5 Å². The van der Waals surface area contributed by atoms with Crippen LogP contribution in [0.1, 0.15) is 49.7 Å². The minimum absolute atomic E-state index is 0.134. The molecular weight excluding hydrogens is 354 g/mol. The summed E-state index contributed by atoms with van der Waals surface area (Å²) in [5, 5.41) is 3.31. The lowest BCUT2D eigenvalue weighted by Gasteiger charge is -2.59. The first-order valence-corrected chi connectivity index (χ1v) is 10.5. The molecule has 0 aliphatic heterocycles. The highest BCUT2D eigenvalue weighted by atomic mass is 35.5. The van der Waals surface area contributed by atoms with Gasteiger partial charge in [-0.05, 0) is 74.0 Å². The molecule has 4 atom stereocenters. The molecule has 27 heavy (non-hydrogen) atoms. The van der Waals surface area contributed by atoms with Gasteiger partial charge < -0.3 is 5.32 Å². The minimum atomic E-state index is -0.258. The van der Waals surface area contributed by atoms with Gasteiger partial charge in [0.2, 0.25) is 5.91 Å². The largest absolute Gasteiger partial charge is 0.325 e. The smallest absolute Gasteiger partial charge is 0.230 e. The molecule has 4 bridgehead atoms. The molecule has 4 aliphatic rings. The topological polar surface area (TPSA) is 29.1 Å². The number of amides is 1. The maximum absolute atomic E-state index is 13.4. The van der Waals surface area contributed by atoms with Crippen molar-refractivity contribution in [3.8, 4) is 0 Å². The van der Waals surface area contributed by atoms with Gasteiger partial charge in [0.1, 0.15) is 0 Å². The van der Waals surface area contributed by atoms with E-state index in [0.717, 1.165) is 44.2 Å². The number of carbonyl (C=O) groups is 1. The third-order valence-electron chi connectivity index (χ3n) is 6.97. The number of alkyl halides is 1. The predicted molar refractivity (Wildman–Crippen MR) is 110 cm³/mol. The van der Waals surface area contributed by atoms with E-state index in [1.807, 2.05) is 24.3 Å². The molecule has 140 valence electrons. The van der Waals surface area contributed by atoms with Crippen LogP contribution < -0.4 is 5.32 Å². The molecule has 4 aliphatic carbocycles. The van der Waals surface area contributed by atoms with Gasteiger partial charge in [-0.25, -0.2) is 0 Å². The number of anilines is 1. The van der Waals surface area contributed by atoms with Crippen LogP contribution in [0.15, 0.2) is 54.6 Å². The number of hydrogen-bond acceptors (Lipinski definition) is 1. The SMILES string of the molecule is O=C(Nc1ccccc1Cc1ccccc1)C12C[C@@H]3C[C@@H](CC(Cl)(C3)C1)C2. The lowest BCUT2D eigenvalue weighted by Crippen LogP contribution is -2.57. The molecule has 0 saturated heterocycles. The summed E-state index contributed by atoms with van der Waals surface area (Å²) in [7, 11) is 0. The van der Waals surface area contributed by atoms with Crippen molar-refractivity contribution in [2.45, 2.75) is 49.8 Å². The number of benzene rings is 2. The van der Waals surface area contributed by atoms with Crippen molar-refractivity contribution in [2.75, 3.05) is 5.32 Å². The molecule has 2 nitrogen and oxygen atoms in total. The average molecular weight is 380 g/mol. The Hall–Kier alpha value is -1.80. The highest BCUT2D eigenvalue weighted by Gasteiger charge is 2.60. The van der Waals surface area contributed by atoms with Gasteiger partial charge in [-0.2, -0.15) is 0 Å². The van der Waals surface area contributed by atoms with Crippen molar-refractivity contribution in [1.29, 1.82) is 0 Å². The fraction of sp³-hybridized carbons (Fsp3) is 0.458. The van der Waals surface area contributed by atoms with Crippen molar-refractivity contribution in [3.05, 3.63) is 65.7 Å². The summed E-state index contributed by atoms with van der Waals surface area (Å²) in [6.07, 6.45) is 7.19. The quantitative estimate of drug-likeness (QED) is 0.669. The van der Waals surface area contributed by atoms with E-state index in [-0.39, 0.29) is 16.2 Å². The summed E-state index contributed by atoms with van der Waals surface area (Å²) in [4.78, 5) is 13.3. The van der Waals surface area contributed by atoms with Crippen LogP contribution in [0.4, 0.5) is 5.69 Å². The highest BCUT2D eigenvalue weighted by molar-refractivity contribution is 6.24. The van der Waals surface area contributed by atoms with E-state index < -0.39 is 0 Å². The molecular formula is C24H26ClNO. The first-order chi connectivity index (χ1) is 13.0. The Kier molecular flexibility index (Phi) is 4.09. The summed E-state index contributed by atoms with van der Waals surface area (Å²) in [5.41, 5.74) is 3.12. The van der Waals surface area contributed by atoms with Gasteiger partial charge in [0.25, 0.3) is 0 Å². The third-order valence-corrected chi connectivity index (χ3v) is 7.42. The first-order valence-electron chi connectivity index (χ1n) is 10.2. The summed E-state index contributed by atoms with van der Waals surface area (Å²) < 4.78 is 0. The van der Waals surface area contributed by atoms with Gasteiger partial charge in [0.05, 0.1) is 5.41 Å². The van der Waals surface area contributed by atoms with Gasteiger partial charge in [-0.3, -0.25) is 4.79 Å². The van der Waals surface area contributed by atoms with Crippen molar-refractivity contribution < 1.29 is 4.79 Å². The molecule has 3 heteroatoms. The van der Waals surface area contributed by atoms with Crippen LogP contribution >= 0.6 is 11.6 Å². The van der Waals surface area contributed by atoms with Crippen LogP contribution in [0, 0.1) is 17.3 Å². The molecule has 2 aromatic rings. The standard InChI is InChI=1S/C24H26ClNO/c25-24-14-18-10-19(15-24)13-23(12-18,16-24)22(27)26-21-9-5-4-8-20(21)11-17-6-2-1-3-7-17/h1-9,18-19H,10-16H2,(H,26,27)/t18-,19+,23?,24?. The molecule has 4 saturated carbocycles. The zero-order chi connectivity index (χ0) is 18.5. The Bertz CT molecular complexity index is 848. The molecule has 0 heterocycles. The molecule has 2 aromatic carbocycles. The fourth-order valence-corrected chi connectivity index (χ4v) is 6.98.